The Morgan fingerprint density at radius 2 is 1.13 bits per heavy atom. The highest BCUT2D eigenvalue weighted by molar-refractivity contribution is 7.51. The van der Waals surface area contributed by atoms with Crippen LogP contribution in [0.3, 0.4) is 0 Å². The summed E-state index contributed by atoms with van der Waals surface area (Å²) in [6, 6.07) is 41.2. The summed E-state index contributed by atoms with van der Waals surface area (Å²) in [4.78, 5) is 59.6. The number of H-pyrrole nitrogens is 1. The molecule has 82 heavy (non-hydrogen) atoms. The lowest BCUT2D eigenvalue weighted by molar-refractivity contribution is -0.174. The summed E-state index contributed by atoms with van der Waals surface area (Å²) in [5.41, 5.74) is 13.3. The van der Waals surface area contributed by atoms with Crippen molar-refractivity contribution >= 4 is 109 Å². The fourth-order valence-electron chi connectivity index (χ4n) is 11.6. The Labute approximate surface area is 488 Å². The largest absolute Gasteiger partial charge is 0.444 e. The first-order valence-electron chi connectivity index (χ1n) is 25.7. The Morgan fingerprint density at radius 3 is 1.68 bits per heavy atom. The van der Waals surface area contributed by atoms with Crippen LogP contribution in [-0.2, 0) is 25.9 Å². The number of hydrogen-bond acceptors (Lipinski definition) is 13. The number of nitrogens with one attached hydrogen (secondary N) is 6. The van der Waals surface area contributed by atoms with Crippen LogP contribution < -0.4 is 32.3 Å². The second kappa shape index (κ2) is 22.8. The SMILES string of the molecule is C.C.CC(C)(C)OC(=O)NC12CC(C(=O)Nc3cccc(Nc4ncc(Cl)c(-c5cn(-c6ccccc6)c6ccccc56)n4)c3)(C1)C2.NC12CC(C(=O)Nc3cccc(Nc4ncc(Cl)c(-c5c[nH]c6ccccc56)n4)c3)(C1)C2.O=S=O. The van der Waals surface area contributed by atoms with E-state index < -0.39 is 28.7 Å². The number of aromatic nitrogens is 6. The summed E-state index contributed by atoms with van der Waals surface area (Å²) in [5, 5.41) is 18.5. The van der Waals surface area contributed by atoms with Crippen molar-refractivity contribution in [1.29, 1.82) is 0 Å². The van der Waals surface area contributed by atoms with Crippen LogP contribution in [0.1, 0.15) is 74.1 Å². The molecular weight excluding hydrogens is 1100 g/mol. The molecule has 3 amide bonds. The smallest absolute Gasteiger partial charge is 0.408 e. The third kappa shape index (κ3) is 11.7. The van der Waals surface area contributed by atoms with Crippen molar-refractivity contribution in [2.75, 3.05) is 21.3 Å². The molecule has 18 nitrogen and oxygen atoms in total. The second-order valence-corrected chi connectivity index (χ2v) is 23.0. The highest BCUT2D eigenvalue weighted by Crippen LogP contribution is 2.68. The van der Waals surface area contributed by atoms with Crippen LogP contribution in [0.25, 0.3) is 50.0 Å². The summed E-state index contributed by atoms with van der Waals surface area (Å²) in [5.74, 6) is 0.797. The van der Waals surface area contributed by atoms with Crippen molar-refractivity contribution in [3.63, 3.8) is 0 Å². The van der Waals surface area contributed by atoms with Gasteiger partial charge >= 0.3 is 17.7 Å². The van der Waals surface area contributed by atoms with E-state index in [1.807, 2.05) is 136 Å². The van der Waals surface area contributed by atoms with Gasteiger partial charge in [0, 0.05) is 79.3 Å². The predicted molar refractivity (Wildman–Crippen MR) is 324 cm³/mol. The number of aromatic amines is 1. The van der Waals surface area contributed by atoms with Crippen LogP contribution in [0, 0.1) is 10.8 Å². The lowest BCUT2D eigenvalue weighted by Gasteiger charge is -2.68. The fourth-order valence-corrected chi connectivity index (χ4v) is 12.0. The van der Waals surface area contributed by atoms with E-state index in [4.69, 9.17) is 47.1 Å². The van der Waals surface area contributed by atoms with E-state index in [0.717, 1.165) is 69.3 Å². The number of ether oxygens (including phenoxy) is 1. The van der Waals surface area contributed by atoms with Gasteiger partial charge in [0.25, 0.3) is 0 Å². The molecule has 15 rings (SSSR count). The van der Waals surface area contributed by atoms with Gasteiger partial charge in [0.05, 0.1) is 50.2 Å². The van der Waals surface area contributed by atoms with Gasteiger partial charge in [-0.1, -0.05) is 105 Å². The van der Waals surface area contributed by atoms with Crippen molar-refractivity contribution in [3.05, 3.63) is 162 Å². The maximum atomic E-state index is 13.2. The zero-order chi connectivity index (χ0) is 56.0. The van der Waals surface area contributed by atoms with Crippen LogP contribution in [-0.4, -0.2) is 72.5 Å². The second-order valence-electron chi connectivity index (χ2n) is 22.1. The van der Waals surface area contributed by atoms with Crippen LogP contribution in [0.15, 0.2) is 152 Å². The highest BCUT2D eigenvalue weighted by Gasteiger charge is 2.72. The number of nitrogens with zero attached hydrogens (tertiary/aromatic N) is 5. The van der Waals surface area contributed by atoms with E-state index in [1.54, 1.807) is 12.4 Å². The molecular formula is C61H62Cl2N12O6S. The van der Waals surface area contributed by atoms with E-state index in [2.05, 4.69) is 75.4 Å². The predicted octanol–water partition coefficient (Wildman–Crippen LogP) is 13.3. The van der Waals surface area contributed by atoms with Crippen molar-refractivity contribution in [2.45, 2.75) is 90.8 Å². The third-order valence-electron chi connectivity index (χ3n) is 14.9. The average molecular weight is 1160 g/mol. The quantitative estimate of drug-likeness (QED) is 0.0602. The van der Waals surface area contributed by atoms with Gasteiger partial charge in [0.15, 0.2) is 0 Å². The molecule has 6 saturated carbocycles. The molecule has 0 saturated heterocycles. The number of fused-ring (bicyclic) bond motifs is 2. The molecule has 6 fully saturated rings. The normalized spacial score (nSPS) is 20.3. The molecule has 6 aliphatic rings. The van der Waals surface area contributed by atoms with Gasteiger partial charge in [-0.3, -0.25) is 9.59 Å². The lowest BCUT2D eigenvalue weighted by Crippen LogP contribution is -2.77. The standard InChI is InChI=1S/C35H33ClN6O3.C24H21ClN6O.2CH4.O2S/c1-33(2,3)45-32(44)41-35-19-34(20-35,21-35)30(43)38-22-10-9-11-23(16-22)39-31-37-17-27(36)29(40-31)26-18-42(24-12-5-4-6-13-24)28-15-8-7-14-25(26)28;25-18-10-28-22(31-20(18)17-9-27-19-7-2-1-6-16(17)19)30-15-5-3-4-14(8-15)29-21(32)23-11-24(26,12-23)13-23;;;1-3-2/h4-18H,19-21H2,1-3H3,(H,38,43)(H,41,44)(H,37,39,40);1-10,27H,11-13,26H2,(H,29,32)(H,28,30,31);2*1H4;. The molecule has 8 N–H and O–H groups in total. The Bertz CT molecular complexity index is 3890. The summed E-state index contributed by atoms with van der Waals surface area (Å²) in [6.07, 6.45) is 10.8. The Hall–Kier alpha value is -8.49. The Morgan fingerprint density at radius 1 is 0.646 bits per heavy atom. The number of amides is 3. The van der Waals surface area contributed by atoms with Crippen LogP contribution in [0.5, 0.6) is 0 Å². The molecule has 21 heteroatoms. The number of benzene rings is 5. The minimum Gasteiger partial charge on any atom is -0.444 e. The van der Waals surface area contributed by atoms with Gasteiger partial charge in [-0.2, -0.15) is 8.42 Å². The van der Waals surface area contributed by atoms with Crippen LogP contribution in [0.4, 0.5) is 39.4 Å². The van der Waals surface area contributed by atoms with Gasteiger partial charge in [0.1, 0.15) is 5.60 Å². The molecule has 5 aromatic carbocycles. The number of hydrogen-bond donors (Lipinski definition) is 7. The van der Waals surface area contributed by atoms with Crippen molar-refractivity contribution in [2.24, 2.45) is 16.6 Å². The molecule has 422 valence electrons. The number of nitrogens with two attached hydrogens (primary N) is 1. The number of rotatable bonds is 12. The maximum Gasteiger partial charge on any atom is 0.408 e. The number of anilines is 6. The third-order valence-corrected chi connectivity index (χ3v) is 15.5. The molecule has 0 aliphatic heterocycles. The minimum atomic E-state index is -0.750. The number of alkyl carbamates (subject to hydrolysis) is 1. The summed E-state index contributed by atoms with van der Waals surface area (Å²) >= 11 is 12.3. The van der Waals surface area contributed by atoms with E-state index in [0.29, 0.717) is 64.0 Å². The highest BCUT2D eigenvalue weighted by atomic mass is 35.5. The molecule has 0 spiro atoms. The average Bonchev–Trinajstić information content (AvgIpc) is 0.964. The number of carbonyl (C=O) groups excluding carboxylic acids is 3. The van der Waals surface area contributed by atoms with E-state index in [-0.39, 0.29) is 43.2 Å². The molecule has 6 aliphatic carbocycles. The number of carbonyl (C=O) groups is 3. The zero-order valence-corrected chi connectivity index (χ0v) is 45.9. The van der Waals surface area contributed by atoms with E-state index in [1.165, 1.54) is 0 Å². The Balaban J connectivity index is 0.000000193. The minimum absolute atomic E-state index is 0. The van der Waals surface area contributed by atoms with Crippen LogP contribution in [0.2, 0.25) is 10.0 Å². The van der Waals surface area contributed by atoms with Gasteiger partial charge in [-0.25, -0.2) is 24.7 Å². The zero-order valence-electron chi connectivity index (χ0n) is 43.6. The van der Waals surface area contributed by atoms with Gasteiger partial charge < -0.3 is 46.6 Å². The number of para-hydroxylation sites is 3. The molecule has 0 unspecified atom stereocenters. The topological polar surface area (TPSA) is 253 Å². The maximum absolute atomic E-state index is 13.2. The van der Waals surface area contributed by atoms with E-state index in [9.17, 15) is 14.4 Å². The first kappa shape index (κ1) is 58.2. The van der Waals surface area contributed by atoms with Crippen molar-refractivity contribution < 1.29 is 27.5 Å². The van der Waals surface area contributed by atoms with Gasteiger partial charge in [-0.15, -0.1) is 0 Å². The monoisotopic (exact) mass is 1160 g/mol. The Kier molecular flexibility index (Phi) is 16.2. The van der Waals surface area contributed by atoms with Gasteiger partial charge in [-0.05, 0) is 120 Å². The fraction of sp³-hybridized carbons (Fsp3) is 0.262. The molecule has 4 aromatic heterocycles. The van der Waals surface area contributed by atoms with E-state index >= 15 is 0 Å². The molecule has 0 radical (unpaired) electrons. The van der Waals surface area contributed by atoms with Crippen LogP contribution >= 0.6 is 23.2 Å². The first-order chi connectivity index (χ1) is 38.4. The van der Waals surface area contributed by atoms with Crippen molar-refractivity contribution in [1.82, 2.24) is 34.8 Å². The first-order valence-corrected chi connectivity index (χ1v) is 27.2. The van der Waals surface area contributed by atoms with Crippen molar-refractivity contribution in [3.8, 4) is 28.2 Å². The van der Waals surface area contributed by atoms with Gasteiger partial charge in [0.2, 0.25) is 23.7 Å². The summed E-state index contributed by atoms with van der Waals surface area (Å²) in [7, 11) is 0. The summed E-state index contributed by atoms with van der Waals surface area (Å²) < 4.78 is 24.1. The lowest BCUT2D eigenvalue weighted by atomic mass is 9.39. The molecule has 4 heterocycles. The summed E-state index contributed by atoms with van der Waals surface area (Å²) in [6.45, 7) is 5.49. The molecule has 0 atom stereocenters. The molecule has 4 bridgehead atoms. The number of halogens is 2. The molecule has 9 aromatic rings.